The zero-order valence-electron chi connectivity index (χ0n) is 17.5. The number of hydrogen-bond donors (Lipinski definition) is 1. The van der Waals surface area contributed by atoms with Crippen molar-refractivity contribution in [2.24, 2.45) is 12.5 Å². The van der Waals surface area contributed by atoms with E-state index in [1.807, 2.05) is 6.92 Å². The number of benzene rings is 1. The second-order valence-electron chi connectivity index (χ2n) is 8.29. The first-order chi connectivity index (χ1) is 13.5. The molecule has 1 aromatic carbocycles. The second kappa shape index (κ2) is 7.13. The molecule has 0 amide bonds. The summed E-state index contributed by atoms with van der Waals surface area (Å²) in [6.45, 7) is 7.35. The molecule has 0 bridgehead atoms. The second-order valence-corrected chi connectivity index (χ2v) is 8.29. The van der Waals surface area contributed by atoms with E-state index in [0.29, 0.717) is 23.9 Å². The Morgan fingerprint density at radius 3 is 2.48 bits per heavy atom. The first-order valence-corrected chi connectivity index (χ1v) is 9.77. The van der Waals surface area contributed by atoms with Crippen LogP contribution in [0.4, 0.5) is 0 Å². The fraction of sp³-hybridized carbons (Fsp3) is 0.455. The lowest BCUT2D eigenvalue weighted by molar-refractivity contribution is -0.116. The van der Waals surface area contributed by atoms with Crippen LogP contribution in [0.15, 0.2) is 33.1 Å². The third-order valence-corrected chi connectivity index (χ3v) is 5.83. The molecule has 1 aliphatic carbocycles. The maximum absolute atomic E-state index is 13.2. The van der Waals surface area contributed by atoms with E-state index < -0.39 is 28.2 Å². The molecule has 0 saturated carbocycles. The largest absolute Gasteiger partial charge is 0.511 e. The molecule has 1 aromatic heterocycles. The fourth-order valence-electron chi connectivity index (χ4n) is 3.93. The summed E-state index contributed by atoms with van der Waals surface area (Å²) in [6.07, 6.45) is 1.26. The van der Waals surface area contributed by atoms with Crippen molar-refractivity contribution in [3.63, 3.8) is 0 Å². The van der Waals surface area contributed by atoms with Crippen molar-refractivity contribution < 1.29 is 14.7 Å². The summed E-state index contributed by atoms with van der Waals surface area (Å²) in [6, 6.07) is 3.06. The van der Waals surface area contributed by atoms with Crippen molar-refractivity contribution in [3.05, 3.63) is 55.4 Å². The summed E-state index contributed by atoms with van der Waals surface area (Å²) in [5, 5.41) is 10.9. The van der Waals surface area contributed by atoms with Crippen LogP contribution in [-0.4, -0.2) is 25.8 Å². The predicted octanol–water partition coefficient (Wildman–Crippen LogP) is 2.80. The highest BCUT2D eigenvalue weighted by atomic mass is 16.3. The van der Waals surface area contributed by atoms with Crippen molar-refractivity contribution in [1.29, 1.82) is 0 Å². The van der Waals surface area contributed by atoms with Gasteiger partial charge in [-0.25, -0.2) is 4.79 Å². The Balaban J connectivity index is 2.31. The van der Waals surface area contributed by atoms with Crippen LogP contribution in [0, 0.1) is 12.3 Å². The lowest BCUT2D eigenvalue weighted by Crippen LogP contribution is -2.39. The van der Waals surface area contributed by atoms with Gasteiger partial charge in [0.15, 0.2) is 11.6 Å². The minimum absolute atomic E-state index is 0.183. The number of carbonyl (C=O) groups excluding carboxylic acids is 2. The number of fused-ring (bicyclic) bond motifs is 1. The van der Waals surface area contributed by atoms with Crippen LogP contribution in [0.2, 0.25) is 0 Å². The van der Waals surface area contributed by atoms with E-state index in [2.05, 4.69) is 0 Å². The van der Waals surface area contributed by atoms with Gasteiger partial charge in [0.2, 0.25) is 0 Å². The molecular weight excluding hydrogens is 372 g/mol. The van der Waals surface area contributed by atoms with Gasteiger partial charge in [-0.1, -0.05) is 20.8 Å². The molecule has 154 valence electrons. The van der Waals surface area contributed by atoms with Crippen LogP contribution in [0.1, 0.15) is 56.0 Å². The van der Waals surface area contributed by atoms with Crippen LogP contribution in [0.25, 0.3) is 10.9 Å². The van der Waals surface area contributed by atoms with Crippen LogP contribution in [0.3, 0.4) is 0 Å². The SMILES string of the molecule is CCCn1c(=O)c2c(C)c(C(=O)C3=C(O)C(C)(C)CCC3=O)ccc2n(C)c1=O. The van der Waals surface area contributed by atoms with Crippen molar-refractivity contribution in [2.45, 2.75) is 53.5 Å². The van der Waals surface area contributed by atoms with Gasteiger partial charge in [-0.15, -0.1) is 0 Å². The Morgan fingerprint density at radius 2 is 1.86 bits per heavy atom. The van der Waals surface area contributed by atoms with Crippen molar-refractivity contribution >= 4 is 22.5 Å². The Morgan fingerprint density at radius 1 is 1.21 bits per heavy atom. The molecule has 0 spiro atoms. The van der Waals surface area contributed by atoms with Gasteiger partial charge in [0.25, 0.3) is 5.56 Å². The van der Waals surface area contributed by atoms with Crippen LogP contribution in [-0.2, 0) is 18.4 Å². The van der Waals surface area contributed by atoms with E-state index in [0.717, 1.165) is 4.57 Å². The summed E-state index contributed by atoms with van der Waals surface area (Å²) in [5.74, 6) is -1.19. The van der Waals surface area contributed by atoms with E-state index in [1.165, 1.54) is 10.6 Å². The van der Waals surface area contributed by atoms with E-state index >= 15 is 0 Å². The molecule has 1 N–H and O–H groups in total. The number of aromatic nitrogens is 2. The molecule has 1 aliphatic rings. The van der Waals surface area contributed by atoms with Gasteiger partial charge in [-0.3, -0.25) is 23.5 Å². The highest BCUT2D eigenvalue weighted by Gasteiger charge is 2.38. The number of allylic oxidation sites excluding steroid dienone is 2. The molecule has 1 heterocycles. The Bertz CT molecular complexity index is 1190. The molecule has 0 aliphatic heterocycles. The molecule has 29 heavy (non-hydrogen) atoms. The zero-order valence-corrected chi connectivity index (χ0v) is 17.5. The topological polar surface area (TPSA) is 98.4 Å². The average molecular weight is 398 g/mol. The van der Waals surface area contributed by atoms with Crippen molar-refractivity contribution in [1.82, 2.24) is 9.13 Å². The molecule has 0 atom stereocenters. The average Bonchev–Trinajstić information content (AvgIpc) is 2.66. The van der Waals surface area contributed by atoms with Crippen molar-refractivity contribution in [3.8, 4) is 0 Å². The number of aliphatic hydroxyl groups excluding tert-OH is 1. The fourth-order valence-corrected chi connectivity index (χ4v) is 3.93. The van der Waals surface area contributed by atoms with Gasteiger partial charge in [-0.2, -0.15) is 0 Å². The summed E-state index contributed by atoms with van der Waals surface area (Å²) < 4.78 is 2.55. The number of hydrogen-bond acceptors (Lipinski definition) is 5. The zero-order chi connectivity index (χ0) is 21.7. The lowest BCUT2D eigenvalue weighted by atomic mass is 9.75. The maximum atomic E-state index is 13.2. The van der Waals surface area contributed by atoms with Crippen LogP contribution in [0.5, 0.6) is 0 Å². The lowest BCUT2D eigenvalue weighted by Gasteiger charge is -2.30. The summed E-state index contributed by atoms with van der Waals surface area (Å²) >= 11 is 0. The number of aliphatic hydroxyl groups is 1. The monoisotopic (exact) mass is 398 g/mol. The molecule has 0 fully saturated rings. The smallest absolute Gasteiger partial charge is 0.331 e. The quantitative estimate of drug-likeness (QED) is 0.631. The standard InChI is InChI=1S/C22H26N2O5/c1-6-11-24-20(28)16-12(2)13(7-8-14(16)23(5)21(24)29)18(26)17-15(25)9-10-22(3,4)19(17)27/h7-8,27H,6,9-11H2,1-5H3. The molecule has 0 unspecified atom stereocenters. The van der Waals surface area contributed by atoms with Gasteiger partial charge in [0, 0.05) is 31.0 Å². The number of Topliss-reactive ketones (excluding diaryl/α,β-unsaturated/α-hetero) is 2. The number of nitrogens with zero attached hydrogens (tertiary/aromatic N) is 2. The van der Waals surface area contributed by atoms with Gasteiger partial charge >= 0.3 is 5.69 Å². The molecule has 7 nitrogen and oxygen atoms in total. The Labute approximate surface area is 168 Å². The van der Waals surface area contributed by atoms with Gasteiger partial charge in [0.05, 0.1) is 10.9 Å². The summed E-state index contributed by atoms with van der Waals surface area (Å²) in [4.78, 5) is 51.2. The predicted molar refractivity (Wildman–Crippen MR) is 110 cm³/mol. The Kier molecular flexibility index (Phi) is 5.11. The molecular formula is C22H26N2O5. The third kappa shape index (κ3) is 3.14. The summed E-state index contributed by atoms with van der Waals surface area (Å²) in [5.41, 5.74) is -0.727. The van der Waals surface area contributed by atoms with Crippen molar-refractivity contribution in [2.75, 3.05) is 0 Å². The van der Waals surface area contributed by atoms with E-state index in [4.69, 9.17) is 0 Å². The van der Waals surface area contributed by atoms with Gasteiger partial charge in [-0.05, 0) is 37.5 Å². The van der Waals surface area contributed by atoms with Crippen LogP contribution < -0.4 is 11.2 Å². The normalized spacial score (nSPS) is 16.5. The van der Waals surface area contributed by atoms with E-state index in [-0.39, 0.29) is 35.2 Å². The van der Waals surface area contributed by atoms with Gasteiger partial charge in [0.1, 0.15) is 11.3 Å². The third-order valence-electron chi connectivity index (χ3n) is 5.83. The minimum Gasteiger partial charge on any atom is -0.511 e. The Hall–Kier alpha value is -2.96. The number of aryl methyl sites for hydroxylation is 2. The highest BCUT2D eigenvalue weighted by Crippen LogP contribution is 2.38. The highest BCUT2D eigenvalue weighted by molar-refractivity contribution is 6.28. The molecule has 0 saturated heterocycles. The van der Waals surface area contributed by atoms with Crippen LogP contribution >= 0.6 is 0 Å². The molecule has 2 aromatic rings. The maximum Gasteiger partial charge on any atom is 0.331 e. The van der Waals surface area contributed by atoms with Gasteiger partial charge < -0.3 is 5.11 Å². The number of carbonyl (C=O) groups is 2. The summed E-state index contributed by atoms with van der Waals surface area (Å²) in [7, 11) is 1.58. The van der Waals surface area contributed by atoms with E-state index in [1.54, 1.807) is 33.9 Å². The molecule has 0 radical (unpaired) electrons. The number of ketones is 2. The first kappa shape index (κ1) is 20.8. The number of rotatable bonds is 4. The molecule has 7 heteroatoms. The van der Waals surface area contributed by atoms with E-state index in [9.17, 15) is 24.3 Å². The molecule has 3 rings (SSSR count). The first-order valence-electron chi connectivity index (χ1n) is 9.77. The minimum atomic E-state index is -0.665.